The molecule has 0 aliphatic carbocycles. The fourth-order valence-corrected chi connectivity index (χ4v) is 1.93. The van der Waals surface area contributed by atoms with Crippen molar-refractivity contribution in [3.63, 3.8) is 0 Å². The van der Waals surface area contributed by atoms with E-state index in [1.807, 2.05) is 31.4 Å². The Balaban J connectivity index is 2.04. The molecule has 1 N–H and O–H groups in total. The maximum absolute atomic E-state index is 5.67. The molecule has 2 aromatic heterocycles. The minimum Gasteiger partial charge on any atom is -0.487 e. The van der Waals surface area contributed by atoms with Gasteiger partial charge in [0, 0.05) is 17.8 Å². The van der Waals surface area contributed by atoms with Gasteiger partial charge in [-0.1, -0.05) is 0 Å². The van der Waals surface area contributed by atoms with Crippen LogP contribution >= 0.6 is 11.3 Å². The number of hydrogen-bond acceptors (Lipinski definition) is 5. The lowest BCUT2D eigenvalue weighted by atomic mass is 10.4. The van der Waals surface area contributed by atoms with Gasteiger partial charge in [-0.15, -0.1) is 11.3 Å². The molecule has 0 unspecified atom stereocenters. The molecule has 0 saturated heterocycles. The molecule has 2 heterocycles. The molecule has 5 heteroatoms. The Bertz CT molecular complexity index is 457. The standard InChI is InChI=1S/C12H15N3OS/c1-9(2)16-10-4-3-5-14-12(10)15-8-11-13-6-7-17-11/h3-7,9H,8H2,1-2H3,(H,14,15). The van der Waals surface area contributed by atoms with Crippen molar-refractivity contribution >= 4 is 17.2 Å². The molecule has 2 aromatic rings. The summed E-state index contributed by atoms with van der Waals surface area (Å²) in [4.78, 5) is 8.48. The third-order valence-corrected chi connectivity index (χ3v) is 2.80. The summed E-state index contributed by atoms with van der Waals surface area (Å²) in [7, 11) is 0. The Morgan fingerprint density at radius 3 is 2.94 bits per heavy atom. The van der Waals surface area contributed by atoms with E-state index in [2.05, 4.69) is 15.3 Å². The average molecular weight is 249 g/mol. The minimum atomic E-state index is 0.139. The van der Waals surface area contributed by atoms with Crippen LogP contribution < -0.4 is 10.1 Å². The van der Waals surface area contributed by atoms with E-state index in [4.69, 9.17) is 4.74 Å². The van der Waals surface area contributed by atoms with Crippen LogP contribution in [0.1, 0.15) is 18.9 Å². The van der Waals surface area contributed by atoms with Gasteiger partial charge in [0.05, 0.1) is 12.6 Å². The fourth-order valence-electron chi connectivity index (χ4n) is 1.37. The quantitative estimate of drug-likeness (QED) is 0.885. The van der Waals surface area contributed by atoms with Gasteiger partial charge >= 0.3 is 0 Å². The summed E-state index contributed by atoms with van der Waals surface area (Å²) >= 11 is 1.62. The molecule has 0 aliphatic rings. The van der Waals surface area contributed by atoms with E-state index in [0.717, 1.165) is 16.6 Å². The van der Waals surface area contributed by atoms with Gasteiger partial charge < -0.3 is 10.1 Å². The number of anilines is 1. The molecule has 0 aromatic carbocycles. The van der Waals surface area contributed by atoms with Crippen LogP contribution in [0.15, 0.2) is 29.9 Å². The lowest BCUT2D eigenvalue weighted by Crippen LogP contribution is -2.09. The van der Waals surface area contributed by atoms with Gasteiger partial charge in [-0.3, -0.25) is 0 Å². The number of pyridine rings is 1. The van der Waals surface area contributed by atoms with E-state index in [1.54, 1.807) is 23.7 Å². The molecule has 0 atom stereocenters. The molecule has 0 saturated carbocycles. The largest absolute Gasteiger partial charge is 0.487 e. The Morgan fingerprint density at radius 1 is 1.35 bits per heavy atom. The number of thiazole rings is 1. The van der Waals surface area contributed by atoms with Gasteiger partial charge in [-0.25, -0.2) is 9.97 Å². The Morgan fingerprint density at radius 2 is 2.24 bits per heavy atom. The highest BCUT2D eigenvalue weighted by Gasteiger charge is 2.06. The first-order chi connectivity index (χ1) is 8.25. The van der Waals surface area contributed by atoms with Crippen LogP contribution in [-0.2, 0) is 6.54 Å². The smallest absolute Gasteiger partial charge is 0.169 e. The van der Waals surface area contributed by atoms with Crippen LogP contribution in [-0.4, -0.2) is 16.1 Å². The van der Waals surface area contributed by atoms with Gasteiger partial charge in [0.15, 0.2) is 11.6 Å². The second kappa shape index (κ2) is 5.63. The van der Waals surface area contributed by atoms with Crippen LogP contribution in [0.2, 0.25) is 0 Å². The second-order valence-electron chi connectivity index (χ2n) is 3.80. The molecule has 17 heavy (non-hydrogen) atoms. The molecule has 0 amide bonds. The van der Waals surface area contributed by atoms with E-state index in [0.29, 0.717) is 6.54 Å². The molecule has 0 spiro atoms. The minimum absolute atomic E-state index is 0.139. The first-order valence-corrected chi connectivity index (χ1v) is 6.37. The van der Waals surface area contributed by atoms with E-state index in [9.17, 15) is 0 Å². The summed E-state index contributed by atoms with van der Waals surface area (Å²) < 4.78 is 5.67. The predicted octanol–water partition coefficient (Wildman–Crippen LogP) is 2.94. The normalized spacial score (nSPS) is 10.5. The molecule has 2 rings (SSSR count). The van der Waals surface area contributed by atoms with Crippen molar-refractivity contribution in [3.05, 3.63) is 34.9 Å². The van der Waals surface area contributed by atoms with Crippen molar-refractivity contribution in [1.29, 1.82) is 0 Å². The Kier molecular flexibility index (Phi) is 3.93. The van der Waals surface area contributed by atoms with Gasteiger partial charge in [0.25, 0.3) is 0 Å². The van der Waals surface area contributed by atoms with Crippen LogP contribution in [0, 0.1) is 0 Å². The SMILES string of the molecule is CC(C)Oc1cccnc1NCc1nccs1. The highest BCUT2D eigenvalue weighted by Crippen LogP contribution is 2.22. The summed E-state index contributed by atoms with van der Waals surface area (Å²) in [5.74, 6) is 1.54. The summed E-state index contributed by atoms with van der Waals surface area (Å²) in [6.07, 6.45) is 3.68. The molecule has 4 nitrogen and oxygen atoms in total. The van der Waals surface area contributed by atoms with Crippen molar-refractivity contribution in [3.8, 4) is 5.75 Å². The average Bonchev–Trinajstić information content (AvgIpc) is 2.80. The third kappa shape index (κ3) is 3.42. The number of nitrogens with zero attached hydrogens (tertiary/aromatic N) is 2. The van der Waals surface area contributed by atoms with E-state index >= 15 is 0 Å². The van der Waals surface area contributed by atoms with Crippen molar-refractivity contribution in [1.82, 2.24) is 9.97 Å². The van der Waals surface area contributed by atoms with Gasteiger partial charge in [-0.05, 0) is 26.0 Å². The number of aromatic nitrogens is 2. The molecule has 90 valence electrons. The van der Waals surface area contributed by atoms with E-state index in [-0.39, 0.29) is 6.10 Å². The van der Waals surface area contributed by atoms with Gasteiger partial charge in [0.1, 0.15) is 5.01 Å². The maximum Gasteiger partial charge on any atom is 0.169 e. The maximum atomic E-state index is 5.67. The van der Waals surface area contributed by atoms with Crippen LogP contribution in [0.4, 0.5) is 5.82 Å². The monoisotopic (exact) mass is 249 g/mol. The van der Waals surface area contributed by atoms with Crippen molar-refractivity contribution < 1.29 is 4.74 Å². The van der Waals surface area contributed by atoms with Crippen LogP contribution in [0.3, 0.4) is 0 Å². The lowest BCUT2D eigenvalue weighted by molar-refractivity contribution is 0.243. The van der Waals surface area contributed by atoms with E-state index < -0.39 is 0 Å². The number of nitrogens with one attached hydrogen (secondary N) is 1. The summed E-state index contributed by atoms with van der Waals surface area (Å²) in [5.41, 5.74) is 0. The first kappa shape index (κ1) is 11.9. The van der Waals surface area contributed by atoms with Gasteiger partial charge in [0.2, 0.25) is 0 Å². The van der Waals surface area contributed by atoms with Crippen LogP contribution in [0.25, 0.3) is 0 Å². The first-order valence-electron chi connectivity index (χ1n) is 5.49. The molecule has 0 aliphatic heterocycles. The van der Waals surface area contributed by atoms with Crippen molar-refractivity contribution in [2.45, 2.75) is 26.5 Å². The topological polar surface area (TPSA) is 47.0 Å². The molecule has 0 radical (unpaired) electrons. The Labute approximate surface area is 105 Å². The highest BCUT2D eigenvalue weighted by atomic mass is 32.1. The zero-order valence-corrected chi connectivity index (χ0v) is 10.7. The zero-order valence-electron chi connectivity index (χ0n) is 9.88. The molecule has 0 fully saturated rings. The van der Waals surface area contributed by atoms with Crippen molar-refractivity contribution in [2.75, 3.05) is 5.32 Å². The lowest BCUT2D eigenvalue weighted by Gasteiger charge is -2.13. The Hall–Kier alpha value is -1.62. The number of ether oxygens (including phenoxy) is 1. The van der Waals surface area contributed by atoms with Crippen LogP contribution in [0.5, 0.6) is 5.75 Å². The predicted molar refractivity (Wildman–Crippen MR) is 69.4 cm³/mol. The number of hydrogen-bond donors (Lipinski definition) is 1. The summed E-state index contributed by atoms with van der Waals surface area (Å²) in [5, 5.41) is 6.23. The number of rotatable bonds is 5. The molecular weight excluding hydrogens is 234 g/mol. The summed E-state index contributed by atoms with van der Waals surface area (Å²) in [6, 6.07) is 3.78. The zero-order chi connectivity index (χ0) is 12.1. The molecular formula is C12H15N3OS. The second-order valence-corrected chi connectivity index (χ2v) is 4.78. The van der Waals surface area contributed by atoms with Gasteiger partial charge in [-0.2, -0.15) is 0 Å². The highest BCUT2D eigenvalue weighted by molar-refractivity contribution is 7.09. The molecule has 0 bridgehead atoms. The fraction of sp³-hybridized carbons (Fsp3) is 0.333. The third-order valence-electron chi connectivity index (χ3n) is 2.02. The van der Waals surface area contributed by atoms with Crippen molar-refractivity contribution in [2.24, 2.45) is 0 Å². The summed E-state index contributed by atoms with van der Waals surface area (Å²) in [6.45, 7) is 4.67. The van der Waals surface area contributed by atoms with E-state index in [1.165, 1.54) is 0 Å².